The molecule has 0 saturated carbocycles. The molecule has 4 nitrogen and oxygen atoms in total. The molecule has 0 bridgehead atoms. The van der Waals surface area contributed by atoms with Crippen molar-refractivity contribution in [2.75, 3.05) is 5.32 Å². The lowest BCUT2D eigenvalue weighted by molar-refractivity contribution is -0.161. The van der Waals surface area contributed by atoms with E-state index in [0.717, 1.165) is 0 Å². The Morgan fingerprint density at radius 3 is 2.50 bits per heavy atom. The van der Waals surface area contributed by atoms with E-state index in [9.17, 15) is 14.0 Å². The summed E-state index contributed by atoms with van der Waals surface area (Å²) in [4.78, 5) is 22.9. The molecule has 0 saturated heterocycles. The molecule has 0 spiro atoms. The van der Waals surface area contributed by atoms with Crippen molar-refractivity contribution >= 4 is 33.5 Å². The zero-order chi connectivity index (χ0) is 13.9. The maximum Gasteiger partial charge on any atom is 0.397 e. The van der Waals surface area contributed by atoms with E-state index in [1.807, 2.05) is 0 Å². The molecule has 1 aromatic carbocycles. The van der Waals surface area contributed by atoms with E-state index < -0.39 is 23.3 Å². The van der Waals surface area contributed by atoms with Gasteiger partial charge in [0.25, 0.3) is 0 Å². The highest BCUT2D eigenvalue weighted by Crippen LogP contribution is 2.20. The topological polar surface area (TPSA) is 55.4 Å². The third-order valence-electron chi connectivity index (χ3n) is 1.76. The summed E-state index contributed by atoms with van der Waals surface area (Å²) in [5.74, 6) is -2.70. The van der Waals surface area contributed by atoms with Gasteiger partial charge in [-0.3, -0.25) is 4.79 Å². The summed E-state index contributed by atoms with van der Waals surface area (Å²) in [6.45, 7) is 4.91. The molecule has 98 valence electrons. The van der Waals surface area contributed by atoms with Crippen LogP contribution in [0.25, 0.3) is 0 Å². The summed E-state index contributed by atoms with van der Waals surface area (Å²) >= 11 is 3.14. The highest BCUT2D eigenvalue weighted by molar-refractivity contribution is 9.10. The van der Waals surface area contributed by atoms with Gasteiger partial charge in [0.05, 0.1) is 5.69 Å². The second-order valence-electron chi connectivity index (χ2n) is 4.58. The number of hydrogen-bond donors (Lipinski definition) is 1. The lowest BCUT2D eigenvalue weighted by Gasteiger charge is -2.18. The van der Waals surface area contributed by atoms with Gasteiger partial charge in [0, 0.05) is 4.47 Å². The molecular weight excluding hydrogens is 305 g/mol. The first kappa shape index (κ1) is 14.6. The molecule has 0 radical (unpaired) electrons. The minimum absolute atomic E-state index is 0.0831. The van der Waals surface area contributed by atoms with Gasteiger partial charge in [-0.2, -0.15) is 0 Å². The van der Waals surface area contributed by atoms with Crippen molar-refractivity contribution in [2.45, 2.75) is 26.4 Å². The first-order valence-electron chi connectivity index (χ1n) is 5.18. The van der Waals surface area contributed by atoms with Crippen LogP contribution in [0.3, 0.4) is 0 Å². The van der Waals surface area contributed by atoms with Crippen LogP contribution >= 0.6 is 15.9 Å². The maximum absolute atomic E-state index is 13.3. The zero-order valence-corrected chi connectivity index (χ0v) is 11.8. The fourth-order valence-electron chi connectivity index (χ4n) is 1.09. The number of hydrogen-bond acceptors (Lipinski definition) is 3. The summed E-state index contributed by atoms with van der Waals surface area (Å²) in [5.41, 5.74) is -0.857. The Labute approximate surface area is 113 Å². The Kier molecular flexibility index (Phi) is 4.45. The number of amides is 1. The number of ether oxygens (including phenoxy) is 1. The predicted octanol–water partition coefficient (Wildman–Crippen LogP) is 2.87. The SMILES string of the molecule is CC(C)(C)OC(=O)C(=O)Nc1cc(Br)ccc1F. The quantitative estimate of drug-likeness (QED) is 0.640. The number of anilines is 1. The van der Waals surface area contributed by atoms with Crippen molar-refractivity contribution in [3.05, 3.63) is 28.5 Å². The molecule has 0 fully saturated rings. The van der Waals surface area contributed by atoms with Gasteiger partial charge in [-0.15, -0.1) is 0 Å². The Hall–Kier alpha value is -1.43. The van der Waals surface area contributed by atoms with Gasteiger partial charge in [-0.05, 0) is 39.0 Å². The van der Waals surface area contributed by atoms with Gasteiger partial charge < -0.3 is 10.1 Å². The molecular formula is C12H13BrFNO3. The minimum atomic E-state index is -1.05. The summed E-state index contributed by atoms with van der Waals surface area (Å²) in [7, 11) is 0. The molecule has 1 amide bonds. The van der Waals surface area contributed by atoms with Gasteiger partial charge >= 0.3 is 11.9 Å². The third-order valence-corrected chi connectivity index (χ3v) is 2.25. The number of carbonyl (C=O) groups is 2. The standard InChI is InChI=1S/C12H13BrFNO3/c1-12(2,3)18-11(17)10(16)15-9-6-7(13)4-5-8(9)14/h4-6H,1-3H3,(H,15,16). The van der Waals surface area contributed by atoms with E-state index >= 15 is 0 Å². The van der Waals surface area contributed by atoms with Crippen LogP contribution in [-0.4, -0.2) is 17.5 Å². The van der Waals surface area contributed by atoms with E-state index in [-0.39, 0.29) is 5.69 Å². The van der Waals surface area contributed by atoms with Crippen LogP contribution in [0, 0.1) is 5.82 Å². The Bertz CT molecular complexity index is 483. The van der Waals surface area contributed by atoms with E-state index in [4.69, 9.17) is 4.74 Å². The van der Waals surface area contributed by atoms with Crippen molar-refractivity contribution in [2.24, 2.45) is 0 Å². The van der Waals surface area contributed by atoms with E-state index in [1.165, 1.54) is 18.2 Å². The van der Waals surface area contributed by atoms with Crippen LogP contribution in [0.1, 0.15) is 20.8 Å². The first-order valence-corrected chi connectivity index (χ1v) is 5.98. The lowest BCUT2D eigenvalue weighted by Crippen LogP contribution is -2.32. The number of nitrogens with one attached hydrogen (secondary N) is 1. The van der Waals surface area contributed by atoms with Crippen molar-refractivity contribution < 1.29 is 18.7 Å². The van der Waals surface area contributed by atoms with Crippen molar-refractivity contribution in [3.63, 3.8) is 0 Å². The fraction of sp³-hybridized carbons (Fsp3) is 0.333. The number of carbonyl (C=O) groups excluding carboxylic acids is 2. The molecule has 1 aromatic rings. The number of esters is 1. The smallest absolute Gasteiger partial charge is 0.397 e. The Morgan fingerprint density at radius 1 is 1.33 bits per heavy atom. The van der Waals surface area contributed by atoms with Crippen LogP contribution < -0.4 is 5.32 Å². The summed E-state index contributed by atoms with van der Waals surface area (Å²) in [6.07, 6.45) is 0. The van der Waals surface area contributed by atoms with Crippen LogP contribution in [-0.2, 0) is 14.3 Å². The average Bonchev–Trinajstić information content (AvgIpc) is 2.21. The third kappa shape index (κ3) is 4.44. The van der Waals surface area contributed by atoms with E-state index in [2.05, 4.69) is 21.2 Å². The van der Waals surface area contributed by atoms with Gasteiger partial charge in [-0.25, -0.2) is 9.18 Å². The second kappa shape index (κ2) is 5.48. The fourth-order valence-corrected chi connectivity index (χ4v) is 1.45. The normalized spacial score (nSPS) is 10.9. The largest absolute Gasteiger partial charge is 0.453 e. The Balaban J connectivity index is 2.76. The van der Waals surface area contributed by atoms with Crippen molar-refractivity contribution in [3.8, 4) is 0 Å². The molecule has 1 N–H and O–H groups in total. The number of benzene rings is 1. The zero-order valence-electron chi connectivity index (χ0n) is 10.2. The van der Waals surface area contributed by atoms with Crippen LogP contribution in [0.5, 0.6) is 0 Å². The monoisotopic (exact) mass is 317 g/mol. The predicted molar refractivity (Wildman–Crippen MR) is 68.6 cm³/mol. The van der Waals surface area contributed by atoms with Gasteiger partial charge in [0.2, 0.25) is 0 Å². The van der Waals surface area contributed by atoms with Gasteiger partial charge in [-0.1, -0.05) is 15.9 Å². The minimum Gasteiger partial charge on any atom is -0.453 e. The molecule has 0 aliphatic carbocycles. The molecule has 18 heavy (non-hydrogen) atoms. The molecule has 0 heterocycles. The van der Waals surface area contributed by atoms with E-state index in [1.54, 1.807) is 20.8 Å². The summed E-state index contributed by atoms with van der Waals surface area (Å²) in [5, 5.41) is 2.15. The average molecular weight is 318 g/mol. The maximum atomic E-state index is 13.3. The second-order valence-corrected chi connectivity index (χ2v) is 5.50. The summed E-state index contributed by atoms with van der Waals surface area (Å²) in [6, 6.07) is 4.02. The molecule has 0 aromatic heterocycles. The van der Waals surface area contributed by atoms with Crippen molar-refractivity contribution in [1.82, 2.24) is 0 Å². The molecule has 0 aliphatic rings. The number of rotatable bonds is 1. The van der Waals surface area contributed by atoms with Crippen molar-refractivity contribution in [1.29, 1.82) is 0 Å². The molecule has 0 unspecified atom stereocenters. The van der Waals surface area contributed by atoms with Gasteiger partial charge in [0.15, 0.2) is 0 Å². The molecule has 0 aliphatic heterocycles. The van der Waals surface area contributed by atoms with E-state index in [0.29, 0.717) is 4.47 Å². The summed E-state index contributed by atoms with van der Waals surface area (Å²) < 4.78 is 18.8. The van der Waals surface area contributed by atoms with Gasteiger partial charge in [0.1, 0.15) is 11.4 Å². The first-order chi connectivity index (χ1) is 8.19. The highest BCUT2D eigenvalue weighted by Gasteiger charge is 2.23. The highest BCUT2D eigenvalue weighted by atomic mass is 79.9. The molecule has 0 atom stereocenters. The number of halogens is 2. The van der Waals surface area contributed by atoms with Crippen LogP contribution in [0.15, 0.2) is 22.7 Å². The van der Waals surface area contributed by atoms with Crippen LogP contribution in [0.2, 0.25) is 0 Å². The molecule has 6 heteroatoms. The van der Waals surface area contributed by atoms with Crippen LogP contribution in [0.4, 0.5) is 10.1 Å². The molecule has 1 rings (SSSR count). The lowest BCUT2D eigenvalue weighted by atomic mass is 10.2. The Morgan fingerprint density at radius 2 is 1.94 bits per heavy atom.